The summed E-state index contributed by atoms with van der Waals surface area (Å²) in [6, 6.07) is 6.42. The van der Waals surface area contributed by atoms with Gasteiger partial charge >= 0.3 is 5.69 Å². The van der Waals surface area contributed by atoms with Crippen LogP contribution in [0.5, 0.6) is 0 Å². The fraction of sp³-hybridized carbons (Fsp3) is 0.593. The molecular weight excluding hydrogens is 426 g/mol. The Kier molecular flexibility index (Phi) is 7.29. The normalized spacial score (nSPS) is 15.8. The van der Waals surface area contributed by atoms with Crippen molar-refractivity contribution in [1.82, 2.24) is 18.7 Å². The van der Waals surface area contributed by atoms with Crippen molar-refractivity contribution in [2.75, 3.05) is 11.4 Å². The summed E-state index contributed by atoms with van der Waals surface area (Å²) >= 11 is 0. The van der Waals surface area contributed by atoms with E-state index in [0.29, 0.717) is 23.6 Å². The molecule has 0 saturated heterocycles. The molecular formula is C27H39N5O2. The number of fused-ring (bicyclic) bond motifs is 3. The Labute approximate surface area is 202 Å². The maximum absolute atomic E-state index is 13.6. The van der Waals surface area contributed by atoms with Crippen LogP contribution in [0, 0.1) is 19.8 Å². The van der Waals surface area contributed by atoms with Gasteiger partial charge in [-0.2, -0.15) is 4.98 Å². The second-order valence-corrected chi connectivity index (χ2v) is 10.1. The molecule has 0 aliphatic carbocycles. The Bertz CT molecular complexity index is 1280. The molecule has 7 nitrogen and oxygen atoms in total. The van der Waals surface area contributed by atoms with Crippen LogP contribution in [-0.4, -0.2) is 25.2 Å². The molecule has 1 aliphatic heterocycles. The molecule has 34 heavy (non-hydrogen) atoms. The van der Waals surface area contributed by atoms with E-state index >= 15 is 0 Å². The highest BCUT2D eigenvalue weighted by Gasteiger charge is 2.29. The predicted molar refractivity (Wildman–Crippen MR) is 139 cm³/mol. The first-order valence-corrected chi connectivity index (χ1v) is 12.9. The number of rotatable bonds is 9. The van der Waals surface area contributed by atoms with Gasteiger partial charge in [-0.25, -0.2) is 4.79 Å². The summed E-state index contributed by atoms with van der Waals surface area (Å²) in [5.41, 5.74) is 4.08. The van der Waals surface area contributed by atoms with Crippen molar-refractivity contribution in [3.63, 3.8) is 0 Å². The number of aromatic nitrogens is 4. The van der Waals surface area contributed by atoms with E-state index in [1.54, 1.807) is 11.6 Å². The number of benzene rings is 1. The SMILES string of the molecule is CCCCCCCCCn1c(=O)c2c(nc3n2C[C@@H](C)CN3c2ccc(C)c(C)c2)n(C)c1=O. The van der Waals surface area contributed by atoms with Gasteiger partial charge in [0, 0.05) is 32.4 Å². The lowest BCUT2D eigenvalue weighted by atomic mass is 10.1. The molecule has 3 aromatic rings. The lowest BCUT2D eigenvalue weighted by molar-refractivity contribution is 0.457. The second-order valence-electron chi connectivity index (χ2n) is 10.1. The Balaban J connectivity index is 1.69. The summed E-state index contributed by atoms with van der Waals surface area (Å²) in [5.74, 6) is 1.09. The number of nitrogens with zero attached hydrogens (tertiary/aromatic N) is 5. The quantitative estimate of drug-likeness (QED) is 0.415. The first-order valence-electron chi connectivity index (χ1n) is 12.9. The van der Waals surface area contributed by atoms with E-state index in [-0.39, 0.29) is 11.2 Å². The summed E-state index contributed by atoms with van der Waals surface area (Å²) in [7, 11) is 1.73. The van der Waals surface area contributed by atoms with Gasteiger partial charge in [0.25, 0.3) is 5.56 Å². The van der Waals surface area contributed by atoms with Crippen molar-refractivity contribution >= 4 is 22.8 Å². The number of imidazole rings is 1. The fourth-order valence-corrected chi connectivity index (χ4v) is 5.04. The maximum atomic E-state index is 13.6. The van der Waals surface area contributed by atoms with Crippen molar-refractivity contribution in [1.29, 1.82) is 0 Å². The lowest BCUT2D eigenvalue weighted by Gasteiger charge is -2.33. The highest BCUT2D eigenvalue weighted by molar-refractivity contribution is 5.77. The zero-order valence-electron chi connectivity index (χ0n) is 21.4. The Morgan fingerprint density at radius 2 is 1.68 bits per heavy atom. The zero-order chi connectivity index (χ0) is 24.4. The number of unbranched alkanes of at least 4 members (excludes halogenated alkanes) is 6. The van der Waals surface area contributed by atoms with Gasteiger partial charge in [-0.15, -0.1) is 0 Å². The topological polar surface area (TPSA) is 65.1 Å². The largest absolute Gasteiger partial charge is 0.332 e. The van der Waals surface area contributed by atoms with Crippen LogP contribution in [0.2, 0.25) is 0 Å². The minimum absolute atomic E-state index is 0.211. The summed E-state index contributed by atoms with van der Waals surface area (Å²) in [6.07, 6.45) is 8.05. The third-order valence-electron chi connectivity index (χ3n) is 7.23. The zero-order valence-corrected chi connectivity index (χ0v) is 21.4. The summed E-state index contributed by atoms with van der Waals surface area (Å²) in [6.45, 7) is 10.6. The van der Waals surface area contributed by atoms with Crippen molar-refractivity contribution in [2.24, 2.45) is 13.0 Å². The minimum Gasteiger partial charge on any atom is -0.312 e. The molecule has 0 bridgehead atoms. The van der Waals surface area contributed by atoms with Gasteiger partial charge in [-0.1, -0.05) is 58.4 Å². The Morgan fingerprint density at radius 1 is 0.971 bits per heavy atom. The third-order valence-corrected chi connectivity index (χ3v) is 7.23. The van der Waals surface area contributed by atoms with Gasteiger partial charge in [0.1, 0.15) is 0 Å². The number of hydrogen-bond acceptors (Lipinski definition) is 4. The average molecular weight is 466 g/mol. The summed E-state index contributed by atoms with van der Waals surface area (Å²) in [5, 5.41) is 0. The number of aryl methyl sites for hydroxylation is 3. The second kappa shape index (κ2) is 10.2. The van der Waals surface area contributed by atoms with Gasteiger partial charge in [-0.05, 0) is 49.4 Å². The average Bonchev–Trinajstić information content (AvgIpc) is 3.20. The van der Waals surface area contributed by atoms with E-state index < -0.39 is 0 Å². The maximum Gasteiger partial charge on any atom is 0.332 e. The molecule has 7 heteroatoms. The molecule has 184 valence electrons. The predicted octanol–water partition coefficient (Wildman–Crippen LogP) is 5.05. The fourth-order valence-electron chi connectivity index (χ4n) is 5.04. The minimum atomic E-state index is -0.273. The van der Waals surface area contributed by atoms with Crippen LogP contribution in [0.25, 0.3) is 11.2 Å². The van der Waals surface area contributed by atoms with Gasteiger partial charge in [0.15, 0.2) is 11.2 Å². The van der Waals surface area contributed by atoms with E-state index in [9.17, 15) is 9.59 Å². The summed E-state index contributed by atoms with van der Waals surface area (Å²) in [4.78, 5) is 33.7. The van der Waals surface area contributed by atoms with Crippen LogP contribution in [-0.2, 0) is 20.1 Å². The molecule has 3 heterocycles. The van der Waals surface area contributed by atoms with Gasteiger partial charge in [-0.3, -0.25) is 13.9 Å². The highest BCUT2D eigenvalue weighted by Crippen LogP contribution is 2.33. The molecule has 0 fully saturated rings. The first kappa shape index (κ1) is 24.3. The van der Waals surface area contributed by atoms with Crippen molar-refractivity contribution in [3.05, 3.63) is 50.2 Å². The summed E-state index contributed by atoms with van der Waals surface area (Å²) < 4.78 is 5.00. The van der Waals surface area contributed by atoms with Crippen LogP contribution in [0.15, 0.2) is 27.8 Å². The first-order chi connectivity index (χ1) is 16.3. The van der Waals surface area contributed by atoms with Crippen LogP contribution in [0.1, 0.15) is 69.9 Å². The highest BCUT2D eigenvalue weighted by atomic mass is 16.2. The van der Waals surface area contributed by atoms with Gasteiger partial charge in [0.2, 0.25) is 5.95 Å². The smallest absolute Gasteiger partial charge is 0.312 e. The molecule has 0 unspecified atom stereocenters. The molecule has 0 saturated carbocycles. The molecule has 1 aliphatic rings. The third kappa shape index (κ3) is 4.57. The molecule has 0 N–H and O–H groups in total. The molecule has 1 aromatic carbocycles. The lowest BCUT2D eigenvalue weighted by Crippen LogP contribution is -2.40. The van der Waals surface area contributed by atoms with E-state index in [0.717, 1.165) is 44.0 Å². The monoisotopic (exact) mass is 465 g/mol. The standard InChI is InChI=1S/C27H39N5O2/c1-6-7-8-9-10-11-12-15-30-25(33)23-24(29(5)27(30)34)28-26-31(17-19(2)18-32(23)26)22-14-13-20(3)21(4)16-22/h13-14,16,19H,6-12,15,17-18H2,1-5H3/t19-/m0/s1. The van der Waals surface area contributed by atoms with Crippen LogP contribution in [0.4, 0.5) is 11.6 Å². The molecule has 2 aromatic heterocycles. The molecule has 4 rings (SSSR count). The van der Waals surface area contributed by atoms with E-state index in [1.807, 2.05) is 4.57 Å². The van der Waals surface area contributed by atoms with E-state index in [2.05, 4.69) is 50.8 Å². The molecule has 0 spiro atoms. The van der Waals surface area contributed by atoms with Gasteiger partial charge in [0.05, 0.1) is 0 Å². The van der Waals surface area contributed by atoms with Crippen molar-refractivity contribution in [2.45, 2.75) is 85.7 Å². The van der Waals surface area contributed by atoms with Crippen molar-refractivity contribution < 1.29 is 0 Å². The Morgan fingerprint density at radius 3 is 2.38 bits per heavy atom. The van der Waals surface area contributed by atoms with Crippen LogP contribution < -0.4 is 16.1 Å². The Hall–Kier alpha value is -2.83. The molecule has 0 amide bonds. The van der Waals surface area contributed by atoms with E-state index in [1.165, 1.54) is 41.4 Å². The van der Waals surface area contributed by atoms with Crippen LogP contribution in [0.3, 0.4) is 0 Å². The molecule has 1 atom stereocenters. The van der Waals surface area contributed by atoms with Crippen molar-refractivity contribution in [3.8, 4) is 0 Å². The molecule has 0 radical (unpaired) electrons. The van der Waals surface area contributed by atoms with E-state index in [4.69, 9.17) is 4.98 Å². The van der Waals surface area contributed by atoms with Gasteiger partial charge < -0.3 is 9.47 Å². The van der Waals surface area contributed by atoms with Crippen LogP contribution >= 0.6 is 0 Å². The number of hydrogen-bond donors (Lipinski definition) is 0. The number of anilines is 2.